The Morgan fingerprint density at radius 3 is 2.57 bits per heavy atom. The molecule has 2 heterocycles. The third-order valence-corrected chi connectivity index (χ3v) is 6.35. The number of aliphatic carboxylic acids is 1. The van der Waals surface area contributed by atoms with Crippen molar-refractivity contribution in [3.63, 3.8) is 0 Å². The van der Waals surface area contributed by atoms with Gasteiger partial charge < -0.3 is 19.1 Å². The van der Waals surface area contributed by atoms with Gasteiger partial charge in [-0.25, -0.2) is 4.79 Å². The predicted octanol–water partition coefficient (Wildman–Crippen LogP) is 3.76. The lowest BCUT2D eigenvalue weighted by atomic mass is 9.92. The fraction of sp³-hybridized carbons (Fsp3) is 0.500. The van der Waals surface area contributed by atoms with Crippen LogP contribution in [0.25, 0.3) is 0 Å². The van der Waals surface area contributed by atoms with Crippen LogP contribution in [0.15, 0.2) is 47.4 Å². The van der Waals surface area contributed by atoms with E-state index in [0.29, 0.717) is 37.7 Å². The number of aromatic nitrogens is 1. The lowest BCUT2D eigenvalue weighted by molar-refractivity contribution is -0.159. The third-order valence-electron chi connectivity index (χ3n) is 6.35. The van der Waals surface area contributed by atoms with E-state index in [-0.39, 0.29) is 12.0 Å². The first-order chi connectivity index (χ1) is 14.6. The van der Waals surface area contributed by atoms with Crippen LogP contribution in [0.3, 0.4) is 0 Å². The minimum atomic E-state index is -1.20. The maximum Gasteiger partial charge on any atom is 0.336 e. The quantitative estimate of drug-likeness (QED) is 0.716. The molecule has 0 spiro atoms. The van der Waals surface area contributed by atoms with Gasteiger partial charge in [-0.05, 0) is 60.9 Å². The van der Waals surface area contributed by atoms with Gasteiger partial charge in [0.15, 0.2) is 5.60 Å². The van der Waals surface area contributed by atoms with Crippen LogP contribution in [0.2, 0.25) is 0 Å². The second-order valence-corrected chi connectivity index (χ2v) is 8.39. The first kappa shape index (κ1) is 20.7. The molecular formula is C24H29NO5. The molecule has 160 valence electrons. The van der Waals surface area contributed by atoms with Gasteiger partial charge in [-0.1, -0.05) is 25.0 Å². The van der Waals surface area contributed by atoms with E-state index in [0.717, 1.165) is 12.2 Å². The van der Waals surface area contributed by atoms with Gasteiger partial charge in [-0.3, -0.25) is 4.79 Å². The van der Waals surface area contributed by atoms with Crippen molar-refractivity contribution >= 4 is 5.97 Å². The minimum Gasteiger partial charge on any atom is -0.492 e. The predicted molar refractivity (Wildman–Crippen MR) is 113 cm³/mol. The number of carboxylic acid groups (broad SMARTS) is 1. The largest absolute Gasteiger partial charge is 0.492 e. The topological polar surface area (TPSA) is 77.8 Å². The highest BCUT2D eigenvalue weighted by atomic mass is 16.5. The second-order valence-electron chi connectivity index (χ2n) is 8.39. The molecule has 1 aliphatic carbocycles. The molecule has 30 heavy (non-hydrogen) atoms. The zero-order chi connectivity index (χ0) is 21.0. The minimum absolute atomic E-state index is 0.161. The number of carboxylic acids is 1. The average Bonchev–Trinajstić information content (AvgIpc) is 3.43. The summed E-state index contributed by atoms with van der Waals surface area (Å²) < 4.78 is 12.9. The highest BCUT2D eigenvalue weighted by molar-refractivity contribution is 5.78. The number of benzene rings is 1. The van der Waals surface area contributed by atoms with Crippen molar-refractivity contribution in [3.05, 3.63) is 64.1 Å². The van der Waals surface area contributed by atoms with E-state index in [1.807, 2.05) is 12.1 Å². The van der Waals surface area contributed by atoms with Crippen LogP contribution in [-0.4, -0.2) is 34.5 Å². The molecule has 4 rings (SSSR count). The summed E-state index contributed by atoms with van der Waals surface area (Å²) in [5.74, 6) is 0.533. The molecule has 1 aromatic carbocycles. The number of hydrogen-bond acceptors (Lipinski definition) is 4. The summed E-state index contributed by atoms with van der Waals surface area (Å²) in [7, 11) is 0. The summed E-state index contributed by atoms with van der Waals surface area (Å²) in [6.07, 6.45) is 8.30. The van der Waals surface area contributed by atoms with Crippen molar-refractivity contribution in [2.75, 3.05) is 13.2 Å². The van der Waals surface area contributed by atoms with Gasteiger partial charge in [0.25, 0.3) is 5.56 Å². The van der Waals surface area contributed by atoms with Crippen molar-refractivity contribution in [2.24, 2.45) is 0 Å². The van der Waals surface area contributed by atoms with E-state index in [4.69, 9.17) is 9.47 Å². The number of ether oxygens (including phenoxy) is 2. The van der Waals surface area contributed by atoms with E-state index >= 15 is 0 Å². The molecule has 1 atom stereocenters. The molecule has 1 saturated heterocycles. The van der Waals surface area contributed by atoms with Crippen LogP contribution in [-0.2, 0) is 22.5 Å². The zero-order valence-corrected chi connectivity index (χ0v) is 17.2. The highest BCUT2D eigenvalue weighted by Gasteiger charge is 2.43. The van der Waals surface area contributed by atoms with Gasteiger partial charge in [-0.15, -0.1) is 0 Å². The van der Waals surface area contributed by atoms with Crippen LogP contribution >= 0.6 is 0 Å². The molecular weight excluding hydrogens is 382 g/mol. The van der Waals surface area contributed by atoms with Gasteiger partial charge in [0.1, 0.15) is 12.4 Å². The van der Waals surface area contributed by atoms with Crippen LogP contribution in [0.4, 0.5) is 0 Å². The van der Waals surface area contributed by atoms with E-state index in [9.17, 15) is 14.7 Å². The Morgan fingerprint density at radius 2 is 1.93 bits per heavy atom. The fourth-order valence-electron chi connectivity index (χ4n) is 4.61. The van der Waals surface area contributed by atoms with Crippen molar-refractivity contribution in [2.45, 2.75) is 63.0 Å². The molecule has 0 amide bonds. The highest BCUT2D eigenvalue weighted by Crippen LogP contribution is 2.34. The molecule has 6 nitrogen and oxygen atoms in total. The molecule has 2 aromatic rings. The zero-order valence-electron chi connectivity index (χ0n) is 17.2. The van der Waals surface area contributed by atoms with Crippen LogP contribution in [0, 0.1) is 0 Å². The Morgan fingerprint density at radius 1 is 1.17 bits per heavy atom. The van der Waals surface area contributed by atoms with Crippen molar-refractivity contribution in [1.82, 2.24) is 4.57 Å². The number of hydrogen-bond donors (Lipinski definition) is 1. The number of carbonyl (C=O) groups is 1. The Bertz CT molecular complexity index is 921. The fourth-order valence-corrected chi connectivity index (χ4v) is 4.61. The maximum absolute atomic E-state index is 12.4. The van der Waals surface area contributed by atoms with Crippen molar-refractivity contribution in [1.29, 1.82) is 0 Å². The van der Waals surface area contributed by atoms with Gasteiger partial charge in [0.2, 0.25) is 0 Å². The average molecular weight is 411 g/mol. The summed E-state index contributed by atoms with van der Waals surface area (Å²) in [6, 6.07) is 11.6. The molecule has 0 bridgehead atoms. The maximum atomic E-state index is 12.4. The summed E-state index contributed by atoms with van der Waals surface area (Å²) in [5.41, 5.74) is 0.707. The Balaban J connectivity index is 1.32. The molecule has 1 N–H and O–H groups in total. The molecule has 2 aliphatic rings. The molecule has 1 aliphatic heterocycles. The van der Waals surface area contributed by atoms with Crippen LogP contribution in [0.1, 0.15) is 55.6 Å². The van der Waals surface area contributed by atoms with E-state index < -0.39 is 11.6 Å². The summed E-state index contributed by atoms with van der Waals surface area (Å²) in [6.45, 7) is 1.27. The number of nitrogens with zero attached hydrogens (tertiary/aromatic N) is 1. The standard InChI is InChI=1S/C24H29NO5/c26-22-16-18(17-24(23(27)28)11-3-14-30-24)10-12-25(22)13-15-29-21-8-6-20(7-9-21)19-4-1-2-5-19/h6-10,12,16,19H,1-5,11,13-15,17H2,(H,27,28). The molecule has 0 radical (unpaired) electrons. The molecule has 1 unspecified atom stereocenters. The lowest BCUT2D eigenvalue weighted by Gasteiger charge is -2.23. The molecule has 6 heteroatoms. The van der Waals surface area contributed by atoms with Crippen LogP contribution in [0.5, 0.6) is 5.75 Å². The van der Waals surface area contributed by atoms with Gasteiger partial charge in [0.05, 0.1) is 6.54 Å². The SMILES string of the molecule is O=C(O)C1(Cc2ccn(CCOc3ccc(C4CCCC4)cc3)c(=O)c2)CCCO1. The van der Waals surface area contributed by atoms with E-state index in [1.165, 1.54) is 37.3 Å². The normalized spacial score (nSPS) is 21.7. The molecule has 2 fully saturated rings. The van der Waals surface area contributed by atoms with Gasteiger partial charge >= 0.3 is 5.97 Å². The lowest BCUT2D eigenvalue weighted by Crippen LogP contribution is -2.40. The second kappa shape index (κ2) is 9.04. The van der Waals surface area contributed by atoms with E-state index in [1.54, 1.807) is 16.8 Å². The Labute approximate surface area is 176 Å². The van der Waals surface area contributed by atoms with Crippen molar-refractivity contribution in [3.8, 4) is 5.75 Å². The molecule has 1 aromatic heterocycles. The monoisotopic (exact) mass is 411 g/mol. The number of pyridine rings is 1. The van der Waals surface area contributed by atoms with Gasteiger partial charge in [0, 0.05) is 25.3 Å². The first-order valence-electron chi connectivity index (χ1n) is 10.9. The first-order valence-corrected chi connectivity index (χ1v) is 10.9. The Hall–Kier alpha value is -2.60. The summed E-state index contributed by atoms with van der Waals surface area (Å²) in [5, 5.41) is 9.53. The van der Waals surface area contributed by atoms with Gasteiger partial charge in [-0.2, -0.15) is 0 Å². The summed E-state index contributed by atoms with van der Waals surface area (Å²) >= 11 is 0. The van der Waals surface area contributed by atoms with Crippen LogP contribution < -0.4 is 10.3 Å². The van der Waals surface area contributed by atoms with Crippen molar-refractivity contribution < 1.29 is 19.4 Å². The third kappa shape index (κ3) is 4.59. The number of rotatable bonds is 8. The van der Waals surface area contributed by atoms with E-state index in [2.05, 4.69) is 12.1 Å². The molecule has 1 saturated carbocycles. The smallest absolute Gasteiger partial charge is 0.336 e. The summed E-state index contributed by atoms with van der Waals surface area (Å²) in [4.78, 5) is 24.1. The Kier molecular flexibility index (Phi) is 6.23.